The standard InChI is InChI=1S/C20H36O2/c1-4-22-20(21)18-16-14-12-10-8-6-5-7-9-11-13-15-17-19(2)3/h5,7,11,13,19H,4,6,8-10,12,14-18H2,1-3H3. The maximum absolute atomic E-state index is 11.1. The minimum atomic E-state index is -0.0492. The lowest BCUT2D eigenvalue weighted by Crippen LogP contribution is -2.03. The second-order valence-corrected chi connectivity index (χ2v) is 6.26. The molecule has 0 aromatic carbocycles. The number of allylic oxidation sites excluding steroid dienone is 4. The van der Waals surface area contributed by atoms with E-state index >= 15 is 0 Å². The summed E-state index contributed by atoms with van der Waals surface area (Å²) in [6.45, 7) is 6.89. The van der Waals surface area contributed by atoms with Crippen molar-refractivity contribution in [3.63, 3.8) is 0 Å². The van der Waals surface area contributed by atoms with Gasteiger partial charge in [0.05, 0.1) is 6.61 Å². The molecule has 0 radical (unpaired) electrons. The molecule has 0 aliphatic rings. The van der Waals surface area contributed by atoms with Gasteiger partial charge in [-0.3, -0.25) is 4.79 Å². The Hall–Kier alpha value is -1.05. The largest absolute Gasteiger partial charge is 0.466 e. The molecule has 0 unspecified atom stereocenters. The van der Waals surface area contributed by atoms with Gasteiger partial charge < -0.3 is 4.74 Å². The van der Waals surface area contributed by atoms with Crippen LogP contribution in [0.4, 0.5) is 0 Å². The van der Waals surface area contributed by atoms with E-state index in [1.165, 1.54) is 38.5 Å². The molecule has 22 heavy (non-hydrogen) atoms. The van der Waals surface area contributed by atoms with Crippen molar-refractivity contribution in [1.82, 2.24) is 0 Å². The molecule has 0 fully saturated rings. The molecule has 2 heteroatoms. The normalized spacial score (nSPS) is 11.8. The maximum Gasteiger partial charge on any atom is 0.305 e. The zero-order valence-corrected chi connectivity index (χ0v) is 15.0. The van der Waals surface area contributed by atoms with Crippen molar-refractivity contribution in [2.45, 2.75) is 85.0 Å². The zero-order valence-electron chi connectivity index (χ0n) is 15.0. The quantitative estimate of drug-likeness (QED) is 0.216. The first-order valence-corrected chi connectivity index (χ1v) is 9.12. The molecule has 0 amide bonds. The van der Waals surface area contributed by atoms with Gasteiger partial charge in [-0.05, 0) is 51.4 Å². The average Bonchev–Trinajstić information content (AvgIpc) is 2.47. The number of ether oxygens (including phenoxy) is 1. The Morgan fingerprint density at radius 1 is 0.909 bits per heavy atom. The van der Waals surface area contributed by atoms with Crippen LogP contribution in [0, 0.1) is 5.92 Å². The molecule has 0 atom stereocenters. The lowest BCUT2D eigenvalue weighted by molar-refractivity contribution is -0.143. The highest BCUT2D eigenvalue weighted by Crippen LogP contribution is 2.08. The van der Waals surface area contributed by atoms with Crippen LogP contribution in [0.1, 0.15) is 85.0 Å². The van der Waals surface area contributed by atoms with E-state index in [1.54, 1.807) is 0 Å². The van der Waals surface area contributed by atoms with Crippen molar-refractivity contribution in [3.8, 4) is 0 Å². The van der Waals surface area contributed by atoms with Crippen molar-refractivity contribution >= 4 is 5.97 Å². The summed E-state index contributed by atoms with van der Waals surface area (Å²) >= 11 is 0. The summed E-state index contributed by atoms with van der Waals surface area (Å²) in [6, 6.07) is 0. The minimum absolute atomic E-state index is 0.0492. The summed E-state index contributed by atoms with van der Waals surface area (Å²) in [5.41, 5.74) is 0. The topological polar surface area (TPSA) is 26.3 Å². The maximum atomic E-state index is 11.1. The fourth-order valence-corrected chi connectivity index (χ4v) is 2.23. The summed E-state index contributed by atoms with van der Waals surface area (Å²) in [5.74, 6) is 0.754. The molecule has 0 aliphatic heterocycles. The van der Waals surface area contributed by atoms with Crippen molar-refractivity contribution in [3.05, 3.63) is 24.3 Å². The monoisotopic (exact) mass is 308 g/mol. The number of hydrogen-bond donors (Lipinski definition) is 0. The van der Waals surface area contributed by atoms with Gasteiger partial charge in [-0.15, -0.1) is 0 Å². The first-order valence-electron chi connectivity index (χ1n) is 9.12. The van der Waals surface area contributed by atoms with Crippen LogP contribution in [-0.4, -0.2) is 12.6 Å². The number of hydrogen-bond acceptors (Lipinski definition) is 2. The van der Waals surface area contributed by atoms with Crippen molar-refractivity contribution < 1.29 is 9.53 Å². The van der Waals surface area contributed by atoms with Crippen LogP contribution in [0.2, 0.25) is 0 Å². The fraction of sp³-hybridized carbons (Fsp3) is 0.750. The summed E-state index contributed by atoms with van der Waals surface area (Å²) in [6.07, 6.45) is 20.3. The van der Waals surface area contributed by atoms with E-state index in [1.807, 2.05) is 6.92 Å². The van der Waals surface area contributed by atoms with Crippen LogP contribution < -0.4 is 0 Å². The molecule has 2 nitrogen and oxygen atoms in total. The van der Waals surface area contributed by atoms with E-state index in [0.717, 1.165) is 25.2 Å². The Morgan fingerprint density at radius 3 is 2.23 bits per heavy atom. The molecule has 128 valence electrons. The van der Waals surface area contributed by atoms with Gasteiger partial charge in [-0.25, -0.2) is 0 Å². The molecule has 0 aliphatic carbocycles. The minimum Gasteiger partial charge on any atom is -0.466 e. The molecule has 0 rings (SSSR count). The Morgan fingerprint density at radius 2 is 1.55 bits per heavy atom. The lowest BCUT2D eigenvalue weighted by atomic mass is 10.1. The molecule has 0 bridgehead atoms. The zero-order chi connectivity index (χ0) is 16.5. The highest BCUT2D eigenvalue weighted by molar-refractivity contribution is 5.69. The molecule has 0 saturated carbocycles. The summed E-state index contributed by atoms with van der Waals surface area (Å²) in [5, 5.41) is 0. The predicted octanol–water partition coefficient (Wildman–Crippen LogP) is 6.22. The Bertz CT molecular complexity index is 303. The third-order valence-electron chi connectivity index (χ3n) is 3.57. The highest BCUT2D eigenvalue weighted by Gasteiger charge is 2.00. The van der Waals surface area contributed by atoms with E-state index < -0.39 is 0 Å². The van der Waals surface area contributed by atoms with Crippen LogP contribution >= 0.6 is 0 Å². The van der Waals surface area contributed by atoms with E-state index in [-0.39, 0.29) is 5.97 Å². The first kappa shape index (κ1) is 20.9. The highest BCUT2D eigenvalue weighted by atomic mass is 16.5. The van der Waals surface area contributed by atoms with Crippen LogP contribution in [0.15, 0.2) is 24.3 Å². The van der Waals surface area contributed by atoms with Crippen molar-refractivity contribution in [2.75, 3.05) is 6.61 Å². The predicted molar refractivity (Wildman–Crippen MR) is 95.9 cm³/mol. The second kappa shape index (κ2) is 16.3. The van der Waals surface area contributed by atoms with Gasteiger partial charge in [0, 0.05) is 6.42 Å². The van der Waals surface area contributed by atoms with Crippen LogP contribution in [0.25, 0.3) is 0 Å². The summed E-state index contributed by atoms with van der Waals surface area (Å²) < 4.78 is 4.91. The van der Waals surface area contributed by atoms with E-state index in [0.29, 0.717) is 13.0 Å². The van der Waals surface area contributed by atoms with Crippen molar-refractivity contribution in [1.29, 1.82) is 0 Å². The van der Waals surface area contributed by atoms with Gasteiger partial charge >= 0.3 is 5.97 Å². The Labute approximate surface area is 138 Å². The number of carbonyl (C=O) groups excluding carboxylic acids is 1. The molecule has 0 heterocycles. The van der Waals surface area contributed by atoms with Crippen LogP contribution in [0.3, 0.4) is 0 Å². The van der Waals surface area contributed by atoms with Gasteiger partial charge in [0.2, 0.25) is 0 Å². The van der Waals surface area contributed by atoms with Crippen molar-refractivity contribution in [2.24, 2.45) is 5.92 Å². The number of unbranched alkanes of at least 4 members (excludes halogenated alkanes) is 5. The SMILES string of the molecule is CCOC(=O)CCCCCCCC=CCC=CCCC(C)C. The van der Waals surface area contributed by atoms with Gasteiger partial charge in [0.25, 0.3) is 0 Å². The molecule has 0 aromatic rings. The fourth-order valence-electron chi connectivity index (χ4n) is 2.23. The van der Waals surface area contributed by atoms with E-state index in [4.69, 9.17) is 4.74 Å². The van der Waals surface area contributed by atoms with Gasteiger partial charge in [-0.1, -0.05) is 57.4 Å². The van der Waals surface area contributed by atoms with E-state index in [9.17, 15) is 4.79 Å². The van der Waals surface area contributed by atoms with Crippen LogP contribution in [-0.2, 0) is 9.53 Å². The number of esters is 1. The molecule has 0 saturated heterocycles. The summed E-state index contributed by atoms with van der Waals surface area (Å²) in [7, 11) is 0. The summed E-state index contributed by atoms with van der Waals surface area (Å²) in [4.78, 5) is 11.1. The van der Waals surface area contributed by atoms with Crippen LogP contribution in [0.5, 0.6) is 0 Å². The molecular weight excluding hydrogens is 272 g/mol. The average molecular weight is 309 g/mol. The number of rotatable bonds is 14. The van der Waals surface area contributed by atoms with Gasteiger partial charge in [0.15, 0.2) is 0 Å². The lowest BCUT2D eigenvalue weighted by Gasteiger charge is -2.01. The number of carbonyl (C=O) groups is 1. The van der Waals surface area contributed by atoms with Gasteiger partial charge in [0.1, 0.15) is 0 Å². The third kappa shape index (κ3) is 17.0. The molecule has 0 spiro atoms. The first-order chi connectivity index (χ1) is 10.7. The smallest absolute Gasteiger partial charge is 0.305 e. The van der Waals surface area contributed by atoms with Gasteiger partial charge in [-0.2, -0.15) is 0 Å². The Balaban J connectivity index is 3.25. The third-order valence-corrected chi connectivity index (χ3v) is 3.57. The Kier molecular flexibility index (Phi) is 15.5. The molecular formula is C20H36O2. The second-order valence-electron chi connectivity index (χ2n) is 6.26. The molecule has 0 N–H and O–H groups in total. The van der Waals surface area contributed by atoms with E-state index in [2.05, 4.69) is 38.2 Å². The molecule has 0 aromatic heterocycles.